The number of ether oxygens (including phenoxy) is 5. The van der Waals surface area contributed by atoms with Gasteiger partial charge in [-0.15, -0.1) is 0 Å². The van der Waals surface area contributed by atoms with Gasteiger partial charge in [0.05, 0.1) is 18.4 Å². The Hall–Kier alpha value is -4.52. The smallest absolute Gasteiger partial charge is 0.410 e. The molecule has 14 heteroatoms. The van der Waals surface area contributed by atoms with Crippen LogP contribution in [0.25, 0.3) is 0 Å². The highest BCUT2D eigenvalue weighted by atomic mass is 35.5. The number of rotatable bonds is 15. The van der Waals surface area contributed by atoms with Crippen molar-refractivity contribution in [1.82, 2.24) is 14.7 Å². The molecule has 2 aromatic rings. The first-order valence-electron chi connectivity index (χ1n) is 22.3. The Morgan fingerprint density at radius 2 is 1.05 bits per heavy atom. The number of carbonyl (C=O) groups is 5. The van der Waals surface area contributed by atoms with Crippen LogP contribution in [0, 0.1) is 23.7 Å². The van der Waals surface area contributed by atoms with E-state index < -0.39 is 39.6 Å². The summed E-state index contributed by atoms with van der Waals surface area (Å²) >= 11 is 6.07. The van der Waals surface area contributed by atoms with Gasteiger partial charge >= 0.3 is 29.5 Å². The highest BCUT2D eigenvalue weighted by Crippen LogP contribution is 2.33. The molecule has 0 aliphatic carbocycles. The number of esters is 2. The lowest BCUT2D eigenvalue weighted by molar-refractivity contribution is -0.163. The molecule has 0 bridgehead atoms. The lowest BCUT2D eigenvalue weighted by Gasteiger charge is -2.28. The Morgan fingerprint density at radius 1 is 0.619 bits per heavy atom. The van der Waals surface area contributed by atoms with Gasteiger partial charge in [0.1, 0.15) is 34.8 Å². The molecule has 0 aromatic heterocycles. The maximum absolute atomic E-state index is 13.6. The summed E-state index contributed by atoms with van der Waals surface area (Å²) < 4.78 is 29.1. The molecule has 2 heterocycles. The minimum Gasteiger partial charge on any atom is -0.492 e. The van der Waals surface area contributed by atoms with Crippen molar-refractivity contribution in [2.45, 2.75) is 138 Å². The second kappa shape index (κ2) is 21.4. The normalized spacial score (nSPS) is 18.0. The molecule has 2 saturated heterocycles. The fourth-order valence-corrected chi connectivity index (χ4v) is 8.03. The van der Waals surface area contributed by atoms with Gasteiger partial charge in [-0.3, -0.25) is 14.4 Å². The van der Waals surface area contributed by atoms with E-state index in [1.54, 1.807) is 9.80 Å². The third kappa shape index (κ3) is 17.5. The Kier molecular flexibility index (Phi) is 17.4. The topological polar surface area (TPSA) is 141 Å². The van der Waals surface area contributed by atoms with Crippen LogP contribution in [0.4, 0.5) is 14.4 Å². The highest BCUT2D eigenvalue weighted by molar-refractivity contribution is 6.62. The predicted octanol–water partition coefficient (Wildman–Crippen LogP) is 9.48. The number of nitrogens with zero attached hydrogens (tertiary/aromatic N) is 3. The number of carbonyl (C=O) groups excluding carboxylic acids is 5. The van der Waals surface area contributed by atoms with Crippen LogP contribution in [0.15, 0.2) is 48.5 Å². The molecule has 2 aliphatic heterocycles. The van der Waals surface area contributed by atoms with E-state index in [-0.39, 0.29) is 49.1 Å². The Balaban J connectivity index is 1.37. The molecule has 2 fully saturated rings. The molecule has 63 heavy (non-hydrogen) atoms. The van der Waals surface area contributed by atoms with Gasteiger partial charge in [-0.25, -0.2) is 9.59 Å². The number of hydrogen-bond acceptors (Lipinski definition) is 10. The lowest BCUT2D eigenvalue weighted by Crippen LogP contribution is -2.38. The Bertz CT molecular complexity index is 1890. The van der Waals surface area contributed by atoms with E-state index in [1.165, 1.54) is 4.90 Å². The van der Waals surface area contributed by atoms with Crippen LogP contribution < -0.4 is 4.74 Å². The van der Waals surface area contributed by atoms with Crippen LogP contribution in [0.1, 0.15) is 113 Å². The number of halogens is 1. The molecule has 4 rings (SSSR count). The number of likely N-dealkylation sites (tertiary alicyclic amines) is 2. The largest absolute Gasteiger partial charge is 0.492 e. The third-order valence-corrected chi connectivity index (χ3v) is 10.9. The van der Waals surface area contributed by atoms with Crippen molar-refractivity contribution in [3.8, 4) is 5.75 Å². The molecule has 4 atom stereocenters. The minimum absolute atomic E-state index is 0.100. The molecule has 350 valence electrons. The molecule has 2 aromatic carbocycles. The van der Waals surface area contributed by atoms with Crippen molar-refractivity contribution >= 4 is 41.1 Å². The summed E-state index contributed by atoms with van der Waals surface area (Å²) in [5, 5.41) is -0.596. The average Bonchev–Trinajstić information content (AvgIpc) is 3.83. The van der Waals surface area contributed by atoms with E-state index in [4.69, 9.17) is 35.3 Å². The van der Waals surface area contributed by atoms with Crippen LogP contribution in [0.2, 0.25) is 0 Å². The van der Waals surface area contributed by atoms with E-state index in [9.17, 15) is 24.0 Å². The van der Waals surface area contributed by atoms with E-state index in [0.717, 1.165) is 16.7 Å². The van der Waals surface area contributed by atoms with Crippen molar-refractivity contribution in [3.05, 3.63) is 65.2 Å². The SMILES string of the molecule is CC(C)(C)OC(=O)[C@@H](Cc1cccc(CCN(CCOc2cccc(C[C@H](C(=O)OC(C)(C)C)[C@H]3CCN(C(=O)OC(C)(C)C)C3)c2)C(=O)Cl)c1)[C@H]1CCN(C(=O)OC(C)(C)C)C1. The van der Waals surface area contributed by atoms with E-state index >= 15 is 0 Å². The van der Waals surface area contributed by atoms with Crippen molar-refractivity contribution in [1.29, 1.82) is 0 Å². The number of amides is 3. The zero-order valence-corrected chi connectivity index (χ0v) is 40.5. The van der Waals surface area contributed by atoms with Gasteiger partial charge in [-0.1, -0.05) is 36.4 Å². The first-order valence-corrected chi connectivity index (χ1v) is 22.7. The second-order valence-corrected chi connectivity index (χ2v) is 21.3. The van der Waals surface area contributed by atoms with E-state index in [0.29, 0.717) is 70.6 Å². The molecule has 0 spiro atoms. The Labute approximate surface area is 380 Å². The Morgan fingerprint density at radius 3 is 1.49 bits per heavy atom. The van der Waals surface area contributed by atoms with Crippen molar-refractivity contribution in [2.24, 2.45) is 23.7 Å². The van der Waals surface area contributed by atoms with Crippen LogP contribution in [0.5, 0.6) is 5.75 Å². The van der Waals surface area contributed by atoms with Gasteiger partial charge in [0, 0.05) is 32.7 Å². The quantitative estimate of drug-likeness (QED) is 0.0735. The van der Waals surface area contributed by atoms with Gasteiger partial charge in [-0.2, -0.15) is 0 Å². The molecule has 13 nitrogen and oxygen atoms in total. The van der Waals surface area contributed by atoms with Gasteiger partial charge < -0.3 is 38.4 Å². The molecular weight excluding hydrogens is 826 g/mol. The first kappa shape index (κ1) is 51.1. The summed E-state index contributed by atoms with van der Waals surface area (Å²) in [5.41, 5.74) is 0.227. The van der Waals surface area contributed by atoms with Gasteiger partial charge in [0.25, 0.3) is 0 Å². The van der Waals surface area contributed by atoms with Gasteiger partial charge in [0.2, 0.25) is 0 Å². The summed E-state index contributed by atoms with van der Waals surface area (Å²) in [6.07, 6.45) is 1.89. The summed E-state index contributed by atoms with van der Waals surface area (Å²) in [7, 11) is 0. The van der Waals surface area contributed by atoms with Crippen LogP contribution in [-0.4, -0.2) is 112 Å². The second-order valence-electron chi connectivity index (χ2n) is 20.9. The standard InChI is InChI=1S/C49H72ClN3O10/c1-46(2,3)60-41(54)39(36-20-23-52(31-36)44(57)62-48(7,8)9)29-34-16-13-15-33(27-34)19-22-51(43(50)56)25-26-59-38-18-14-17-35(28-38)30-40(42(55)61-47(4,5)6)37-21-24-53(32-37)45(58)63-49(10,11)12/h13-18,27-28,36-37,39-40H,19-26,29-32H2,1-12H3/t36-,37-,39-,40-/m0/s1. The average molecular weight is 899 g/mol. The zero-order valence-electron chi connectivity index (χ0n) is 39.7. The van der Waals surface area contributed by atoms with Crippen LogP contribution in [-0.2, 0) is 47.8 Å². The third-order valence-electron chi connectivity index (χ3n) is 10.7. The van der Waals surface area contributed by atoms with Crippen molar-refractivity contribution in [2.75, 3.05) is 45.9 Å². The van der Waals surface area contributed by atoms with E-state index in [2.05, 4.69) is 0 Å². The fraction of sp³-hybridized carbons (Fsp3) is 0.653. The summed E-state index contributed by atoms with van der Waals surface area (Å²) in [6.45, 7) is 24.6. The van der Waals surface area contributed by atoms with Crippen LogP contribution in [0.3, 0.4) is 0 Å². The molecule has 0 radical (unpaired) electrons. The van der Waals surface area contributed by atoms with Crippen molar-refractivity contribution in [3.63, 3.8) is 0 Å². The number of benzene rings is 2. The maximum Gasteiger partial charge on any atom is 0.410 e. The minimum atomic E-state index is -0.674. The van der Waals surface area contributed by atoms with Crippen molar-refractivity contribution < 1.29 is 47.7 Å². The van der Waals surface area contributed by atoms with Crippen LogP contribution >= 0.6 is 11.6 Å². The predicted molar refractivity (Wildman–Crippen MR) is 243 cm³/mol. The number of hydrogen-bond donors (Lipinski definition) is 0. The van der Waals surface area contributed by atoms with Gasteiger partial charge in [0.15, 0.2) is 0 Å². The molecular formula is C49H72ClN3O10. The first-order chi connectivity index (χ1) is 29.1. The fourth-order valence-electron chi connectivity index (χ4n) is 7.86. The molecule has 0 N–H and O–H groups in total. The molecule has 0 unspecified atom stereocenters. The monoisotopic (exact) mass is 897 g/mol. The molecule has 3 amide bonds. The summed E-state index contributed by atoms with van der Waals surface area (Å²) in [6, 6.07) is 15.5. The lowest BCUT2D eigenvalue weighted by atomic mass is 9.85. The highest BCUT2D eigenvalue weighted by Gasteiger charge is 2.41. The van der Waals surface area contributed by atoms with Gasteiger partial charge in [-0.05, 0) is 167 Å². The zero-order chi connectivity index (χ0) is 46.9. The maximum atomic E-state index is 13.6. The summed E-state index contributed by atoms with van der Waals surface area (Å²) in [5.74, 6) is -1.19. The molecule has 2 aliphatic rings. The van der Waals surface area contributed by atoms with E-state index in [1.807, 2.05) is 132 Å². The molecule has 0 saturated carbocycles. The summed E-state index contributed by atoms with van der Waals surface area (Å²) in [4.78, 5) is 70.4.